The molecule has 118 valence electrons. The van der Waals surface area contributed by atoms with Crippen molar-refractivity contribution < 1.29 is 9.47 Å². The summed E-state index contributed by atoms with van der Waals surface area (Å²) in [6.07, 6.45) is 0. The maximum absolute atomic E-state index is 5.72. The number of nitrogens with one attached hydrogen (secondary N) is 1. The molecule has 0 aliphatic carbocycles. The summed E-state index contributed by atoms with van der Waals surface area (Å²) in [5, 5.41) is 3.42. The SMILES string of the molecule is CCOc1cc(CNc2ccc(Br)cc2)cc(I)c1OCC. The molecule has 2 aromatic carbocycles. The van der Waals surface area contributed by atoms with Gasteiger partial charge in [0.2, 0.25) is 0 Å². The van der Waals surface area contributed by atoms with Crippen molar-refractivity contribution in [2.24, 2.45) is 0 Å². The lowest BCUT2D eigenvalue weighted by atomic mass is 10.2. The average Bonchev–Trinajstić information content (AvgIpc) is 2.50. The van der Waals surface area contributed by atoms with Gasteiger partial charge in [0, 0.05) is 16.7 Å². The van der Waals surface area contributed by atoms with Crippen LogP contribution in [-0.4, -0.2) is 13.2 Å². The third-order valence-corrected chi connectivity index (χ3v) is 4.33. The van der Waals surface area contributed by atoms with Crippen molar-refractivity contribution in [2.45, 2.75) is 20.4 Å². The van der Waals surface area contributed by atoms with Crippen LogP contribution in [0, 0.1) is 3.57 Å². The van der Waals surface area contributed by atoms with Gasteiger partial charge in [-0.05, 0) is 78.4 Å². The lowest BCUT2D eigenvalue weighted by molar-refractivity contribution is 0.286. The van der Waals surface area contributed by atoms with Crippen LogP contribution in [0.15, 0.2) is 40.9 Å². The summed E-state index contributed by atoms with van der Waals surface area (Å²) < 4.78 is 13.6. The molecule has 0 heterocycles. The Hall–Kier alpha value is -0.950. The second kappa shape index (κ2) is 8.62. The number of ether oxygens (including phenoxy) is 2. The van der Waals surface area contributed by atoms with Crippen LogP contribution in [0.1, 0.15) is 19.4 Å². The largest absolute Gasteiger partial charge is 0.490 e. The predicted octanol–water partition coefficient (Wildman–Crippen LogP) is 5.46. The minimum atomic E-state index is 0.625. The van der Waals surface area contributed by atoms with E-state index in [1.165, 1.54) is 5.56 Å². The van der Waals surface area contributed by atoms with Gasteiger partial charge >= 0.3 is 0 Å². The first kappa shape index (κ1) is 17.4. The Kier molecular flexibility index (Phi) is 6.82. The standard InChI is InChI=1S/C17H19BrINO2/c1-3-21-16-10-12(9-15(19)17(16)22-4-2)11-20-14-7-5-13(18)6-8-14/h5-10,20H,3-4,11H2,1-2H3. The molecule has 0 bridgehead atoms. The summed E-state index contributed by atoms with van der Waals surface area (Å²) in [6.45, 7) is 5.96. The summed E-state index contributed by atoms with van der Waals surface area (Å²) in [4.78, 5) is 0. The van der Waals surface area contributed by atoms with Gasteiger partial charge in [0.15, 0.2) is 11.5 Å². The van der Waals surface area contributed by atoms with E-state index in [4.69, 9.17) is 9.47 Å². The molecular formula is C17H19BrINO2. The highest BCUT2D eigenvalue weighted by atomic mass is 127. The Bertz CT molecular complexity index is 617. The minimum absolute atomic E-state index is 0.625. The fourth-order valence-electron chi connectivity index (χ4n) is 2.04. The molecule has 0 amide bonds. The van der Waals surface area contributed by atoms with Crippen LogP contribution in [0.5, 0.6) is 11.5 Å². The molecule has 0 saturated carbocycles. The molecule has 0 saturated heterocycles. The summed E-state index contributed by atoms with van der Waals surface area (Å²) in [7, 11) is 0. The molecule has 22 heavy (non-hydrogen) atoms. The molecule has 0 spiro atoms. The van der Waals surface area contributed by atoms with Gasteiger partial charge in [-0.3, -0.25) is 0 Å². The van der Waals surface area contributed by atoms with Crippen LogP contribution in [0.3, 0.4) is 0 Å². The number of anilines is 1. The van der Waals surface area contributed by atoms with Gasteiger partial charge in [0.05, 0.1) is 16.8 Å². The monoisotopic (exact) mass is 475 g/mol. The second-order valence-corrected chi connectivity index (χ2v) is 6.71. The van der Waals surface area contributed by atoms with E-state index in [1.807, 2.05) is 44.2 Å². The first-order valence-electron chi connectivity index (χ1n) is 7.21. The van der Waals surface area contributed by atoms with Crippen molar-refractivity contribution in [3.63, 3.8) is 0 Å². The van der Waals surface area contributed by atoms with Gasteiger partial charge in [0.1, 0.15) is 0 Å². The summed E-state index contributed by atoms with van der Waals surface area (Å²) in [6, 6.07) is 12.3. The zero-order valence-electron chi connectivity index (χ0n) is 12.7. The van der Waals surface area contributed by atoms with Crippen LogP contribution in [0.25, 0.3) is 0 Å². The van der Waals surface area contributed by atoms with Crippen LogP contribution in [-0.2, 0) is 6.54 Å². The van der Waals surface area contributed by atoms with Crippen molar-refractivity contribution in [3.8, 4) is 11.5 Å². The van der Waals surface area contributed by atoms with Crippen LogP contribution >= 0.6 is 38.5 Å². The molecule has 2 rings (SSSR count). The Morgan fingerprint density at radius 1 is 1.05 bits per heavy atom. The normalized spacial score (nSPS) is 10.4. The zero-order valence-corrected chi connectivity index (χ0v) is 16.4. The Morgan fingerprint density at radius 3 is 2.36 bits per heavy atom. The van der Waals surface area contributed by atoms with Crippen LogP contribution in [0.4, 0.5) is 5.69 Å². The van der Waals surface area contributed by atoms with E-state index in [2.05, 4.69) is 49.9 Å². The molecule has 0 aromatic heterocycles. The summed E-state index contributed by atoms with van der Waals surface area (Å²) in [5.74, 6) is 1.64. The molecule has 5 heteroatoms. The molecule has 0 aliphatic rings. The van der Waals surface area contributed by atoms with Crippen LogP contribution < -0.4 is 14.8 Å². The van der Waals surface area contributed by atoms with Crippen molar-refractivity contribution in [2.75, 3.05) is 18.5 Å². The molecule has 2 aromatic rings. The van der Waals surface area contributed by atoms with Crippen molar-refractivity contribution in [3.05, 3.63) is 50.0 Å². The molecule has 0 atom stereocenters. The van der Waals surface area contributed by atoms with E-state index in [0.717, 1.165) is 31.8 Å². The lowest BCUT2D eigenvalue weighted by Crippen LogP contribution is -2.04. The Labute approximate surface area is 153 Å². The molecule has 3 nitrogen and oxygen atoms in total. The third-order valence-electron chi connectivity index (χ3n) is 3.00. The van der Waals surface area contributed by atoms with E-state index >= 15 is 0 Å². The summed E-state index contributed by atoms with van der Waals surface area (Å²) >= 11 is 5.74. The van der Waals surface area contributed by atoms with Crippen molar-refractivity contribution in [1.82, 2.24) is 0 Å². The molecule has 0 radical (unpaired) electrons. The topological polar surface area (TPSA) is 30.5 Å². The zero-order chi connectivity index (χ0) is 15.9. The molecule has 0 fully saturated rings. The number of benzene rings is 2. The number of halogens is 2. The molecule has 0 aliphatic heterocycles. The van der Waals surface area contributed by atoms with Gasteiger partial charge in [-0.1, -0.05) is 15.9 Å². The first-order valence-corrected chi connectivity index (χ1v) is 9.08. The maximum atomic E-state index is 5.72. The first-order chi connectivity index (χ1) is 10.6. The van der Waals surface area contributed by atoms with E-state index in [0.29, 0.717) is 13.2 Å². The highest BCUT2D eigenvalue weighted by Crippen LogP contribution is 2.34. The van der Waals surface area contributed by atoms with Gasteiger partial charge in [-0.15, -0.1) is 0 Å². The van der Waals surface area contributed by atoms with E-state index in [-0.39, 0.29) is 0 Å². The van der Waals surface area contributed by atoms with Crippen LogP contribution in [0.2, 0.25) is 0 Å². The van der Waals surface area contributed by atoms with E-state index < -0.39 is 0 Å². The van der Waals surface area contributed by atoms with Gasteiger partial charge in [-0.2, -0.15) is 0 Å². The number of hydrogen-bond donors (Lipinski definition) is 1. The fourth-order valence-corrected chi connectivity index (χ4v) is 3.13. The fraction of sp³-hybridized carbons (Fsp3) is 0.294. The lowest BCUT2D eigenvalue weighted by Gasteiger charge is -2.15. The van der Waals surface area contributed by atoms with Gasteiger partial charge < -0.3 is 14.8 Å². The minimum Gasteiger partial charge on any atom is -0.490 e. The number of rotatable bonds is 7. The molecule has 0 unspecified atom stereocenters. The van der Waals surface area contributed by atoms with Crippen molar-refractivity contribution in [1.29, 1.82) is 0 Å². The maximum Gasteiger partial charge on any atom is 0.174 e. The predicted molar refractivity (Wildman–Crippen MR) is 103 cm³/mol. The smallest absolute Gasteiger partial charge is 0.174 e. The highest BCUT2D eigenvalue weighted by Gasteiger charge is 2.11. The second-order valence-electron chi connectivity index (χ2n) is 4.63. The summed E-state index contributed by atoms with van der Waals surface area (Å²) in [5.41, 5.74) is 2.25. The van der Waals surface area contributed by atoms with Gasteiger partial charge in [0.25, 0.3) is 0 Å². The number of hydrogen-bond acceptors (Lipinski definition) is 3. The Balaban J connectivity index is 2.15. The molecule has 1 N–H and O–H groups in total. The Morgan fingerprint density at radius 2 is 1.73 bits per heavy atom. The van der Waals surface area contributed by atoms with E-state index in [9.17, 15) is 0 Å². The third kappa shape index (κ3) is 4.78. The highest BCUT2D eigenvalue weighted by molar-refractivity contribution is 14.1. The molecular weight excluding hydrogens is 457 g/mol. The van der Waals surface area contributed by atoms with Crippen molar-refractivity contribution >= 4 is 44.2 Å². The van der Waals surface area contributed by atoms with E-state index in [1.54, 1.807) is 0 Å². The quantitative estimate of drug-likeness (QED) is 0.539. The van der Waals surface area contributed by atoms with Gasteiger partial charge in [-0.25, -0.2) is 0 Å². The average molecular weight is 476 g/mol.